The minimum Gasteiger partial charge on any atom is -0.354 e. The Balaban J connectivity index is 1.52. The second-order valence-corrected chi connectivity index (χ2v) is 7.30. The van der Waals surface area contributed by atoms with Gasteiger partial charge in [0.05, 0.1) is 0 Å². The van der Waals surface area contributed by atoms with Crippen molar-refractivity contribution in [2.24, 2.45) is 4.99 Å². The van der Waals surface area contributed by atoms with Crippen LogP contribution in [-0.4, -0.2) is 45.2 Å². The maximum atomic E-state index is 12.5. The van der Waals surface area contributed by atoms with Crippen LogP contribution < -0.4 is 5.32 Å². The normalized spacial score (nSPS) is 18.2. The number of fused-ring (bicyclic) bond motifs is 1. The molecule has 0 aliphatic carbocycles. The van der Waals surface area contributed by atoms with E-state index in [9.17, 15) is 4.79 Å². The van der Waals surface area contributed by atoms with Crippen LogP contribution in [0.15, 0.2) is 28.5 Å². The van der Waals surface area contributed by atoms with Gasteiger partial charge in [0.2, 0.25) is 5.91 Å². The molecule has 1 amide bonds. The van der Waals surface area contributed by atoms with Gasteiger partial charge in [-0.3, -0.25) is 9.79 Å². The number of carbonyl (C=O) groups excluding carboxylic acids is 1. The monoisotopic (exact) mass is 347 g/mol. The molecule has 2 aliphatic heterocycles. The molecule has 24 heavy (non-hydrogen) atoms. The quantitative estimate of drug-likeness (QED) is 0.859. The van der Waals surface area contributed by atoms with E-state index >= 15 is 0 Å². The first-order chi connectivity index (χ1) is 11.6. The van der Waals surface area contributed by atoms with Crippen molar-refractivity contribution in [3.63, 3.8) is 0 Å². The van der Waals surface area contributed by atoms with Gasteiger partial charge in [-0.25, -0.2) is 4.98 Å². The molecule has 2 aliphatic rings. The van der Waals surface area contributed by atoms with Crippen molar-refractivity contribution in [3.05, 3.63) is 29.3 Å². The SMILES string of the molecule is CC(C)c1nccn1[C@H](C)C(=O)NCCC1=CSC2=NCCCN12. The summed E-state index contributed by atoms with van der Waals surface area (Å²) >= 11 is 1.69. The van der Waals surface area contributed by atoms with Crippen molar-refractivity contribution in [2.45, 2.75) is 45.6 Å². The Morgan fingerprint density at radius 1 is 1.42 bits per heavy atom. The highest BCUT2D eigenvalue weighted by molar-refractivity contribution is 8.16. The van der Waals surface area contributed by atoms with Crippen molar-refractivity contribution in [1.82, 2.24) is 19.8 Å². The van der Waals surface area contributed by atoms with Crippen LogP contribution in [0.2, 0.25) is 0 Å². The van der Waals surface area contributed by atoms with E-state index in [0.29, 0.717) is 12.5 Å². The topological polar surface area (TPSA) is 62.5 Å². The molecular weight excluding hydrogens is 322 g/mol. The second kappa shape index (κ2) is 7.42. The van der Waals surface area contributed by atoms with Gasteiger partial charge >= 0.3 is 0 Å². The zero-order valence-electron chi connectivity index (χ0n) is 14.5. The maximum Gasteiger partial charge on any atom is 0.242 e. The average molecular weight is 347 g/mol. The summed E-state index contributed by atoms with van der Waals surface area (Å²) in [5, 5.41) is 6.32. The number of amides is 1. The van der Waals surface area contributed by atoms with Crippen LogP contribution in [0.1, 0.15) is 51.4 Å². The van der Waals surface area contributed by atoms with E-state index in [1.807, 2.05) is 17.7 Å². The third kappa shape index (κ3) is 3.50. The number of thioether (sulfide) groups is 1. The zero-order valence-corrected chi connectivity index (χ0v) is 15.3. The Kier molecular flexibility index (Phi) is 5.28. The molecule has 1 aromatic rings. The fourth-order valence-corrected chi connectivity index (χ4v) is 4.01. The molecule has 0 bridgehead atoms. The molecule has 3 rings (SSSR count). The first kappa shape index (κ1) is 17.1. The molecule has 0 saturated heterocycles. The summed E-state index contributed by atoms with van der Waals surface area (Å²) in [5.74, 6) is 1.28. The molecule has 7 heteroatoms. The molecule has 3 heterocycles. The Morgan fingerprint density at radius 3 is 3.04 bits per heavy atom. The lowest BCUT2D eigenvalue weighted by atomic mass is 10.2. The number of carbonyl (C=O) groups is 1. The molecular formula is C17H25N5OS. The summed E-state index contributed by atoms with van der Waals surface area (Å²) < 4.78 is 1.96. The number of nitrogens with zero attached hydrogens (tertiary/aromatic N) is 4. The van der Waals surface area contributed by atoms with Crippen molar-refractivity contribution in [2.75, 3.05) is 19.6 Å². The summed E-state index contributed by atoms with van der Waals surface area (Å²) in [6, 6.07) is -0.246. The van der Waals surface area contributed by atoms with Gasteiger partial charge in [0, 0.05) is 50.1 Å². The van der Waals surface area contributed by atoms with Gasteiger partial charge in [0.1, 0.15) is 11.9 Å². The predicted molar refractivity (Wildman–Crippen MR) is 98.0 cm³/mol. The van der Waals surface area contributed by atoms with Gasteiger partial charge in [-0.05, 0) is 18.8 Å². The number of rotatable bonds is 6. The van der Waals surface area contributed by atoms with Gasteiger partial charge in [0.25, 0.3) is 0 Å². The minimum absolute atomic E-state index is 0.0358. The molecule has 0 spiro atoms. The Bertz CT molecular complexity index is 664. The van der Waals surface area contributed by atoms with Crippen molar-refractivity contribution in [3.8, 4) is 0 Å². The van der Waals surface area contributed by atoms with Crippen molar-refractivity contribution < 1.29 is 4.79 Å². The van der Waals surface area contributed by atoms with Crippen LogP contribution in [-0.2, 0) is 4.79 Å². The zero-order chi connectivity index (χ0) is 17.1. The Morgan fingerprint density at radius 2 is 2.25 bits per heavy atom. The standard InChI is InChI=1S/C17H25N5OS/c1-12(2)15-18-8-10-21(15)13(3)16(23)19-7-5-14-11-24-17-20-6-4-9-22(14)17/h8,10-13H,4-7,9H2,1-3H3,(H,19,23)/t13-/m1/s1. The number of amidine groups is 1. The summed E-state index contributed by atoms with van der Waals surface area (Å²) in [4.78, 5) is 23.6. The number of hydrogen-bond acceptors (Lipinski definition) is 5. The fourth-order valence-electron chi connectivity index (χ4n) is 3.02. The van der Waals surface area contributed by atoms with E-state index in [1.54, 1.807) is 18.0 Å². The van der Waals surface area contributed by atoms with Crippen molar-refractivity contribution >= 4 is 22.8 Å². The van der Waals surface area contributed by atoms with Gasteiger partial charge in [-0.2, -0.15) is 0 Å². The Hall–Kier alpha value is -1.76. The lowest BCUT2D eigenvalue weighted by Crippen LogP contribution is -2.34. The number of nitrogens with one attached hydrogen (secondary N) is 1. The van der Waals surface area contributed by atoms with Gasteiger partial charge < -0.3 is 14.8 Å². The van der Waals surface area contributed by atoms with Crippen LogP contribution in [0.4, 0.5) is 0 Å². The highest BCUT2D eigenvalue weighted by atomic mass is 32.2. The van der Waals surface area contributed by atoms with Crippen LogP contribution in [0, 0.1) is 0 Å². The average Bonchev–Trinajstić information content (AvgIpc) is 3.21. The number of imidazole rings is 1. The summed E-state index contributed by atoms with van der Waals surface area (Å²) in [6.45, 7) is 8.71. The second-order valence-electron chi connectivity index (χ2n) is 6.46. The molecule has 1 N–H and O–H groups in total. The number of aliphatic imine (C=N–C) groups is 1. The molecule has 6 nitrogen and oxygen atoms in total. The minimum atomic E-state index is -0.246. The molecule has 0 radical (unpaired) electrons. The third-order valence-corrected chi connectivity index (χ3v) is 5.31. The highest BCUT2D eigenvalue weighted by Crippen LogP contribution is 2.30. The van der Waals surface area contributed by atoms with E-state index in [0.717, 1.165) is 36.9 Å². The first-order valence-electron chi connectivity index (χ1n) is 8.56. The summed E-state index contributed by atoms with van der Waals surface area (Å²) in [5.41, 5.74) is 1.26. The molecule has 1 aromatic heterocycles. The van der Waals surface area contributed by atoms with Crippen molar-refractivity contribution in [1.29, 1.82) is 0 Å². The highest BCUT2D eigenvalue weighted by Gasteiger charge is 2.25. The van der Waals surface area contributed by atoms with Crippen LogP contribution in [0.25, 0.3) is 0 Å². The van der Waals surface area contributed by atoms with E-state index < -0.39 is 0 Å². The molecule has 0 aromatic carbocycles. The van der Waals surface area contributed by atoms with Crippen LogP contribution >= 0.6 is 11.8 Å². The smallest absolute Gasteiger partial charge is 0.242 e. The summed E-state index contributed by atoms with van der Waals surface area (Å²) in [7, 11) is 0. The lowest BCUT2D eigenvalue weighted by Gasteiger charge is -2.25. The summed E-state index contributed by atoms with van der Waals surface area (Å²) in [6.07, 6.45) is 5.58. The van der Waals surface area contributed by atoms with Gasteiger partial charge in [-0.15, -0.1) is 0 Å². The molecule has 0 fully saturated rings. The van der Waals surface area contributed by atoms with E-state index in [-0.39, 0.29) is 11.9 Å². The number of hydrogen-bond donors (Lipinski definition) is 1. The molecule has 0 saturated carbocycles. The van der Waals surface area contributed by atoms with E-state index in [1.165, 1.54) is 5.70 Å². The molecule has 1 atom stereocenters. The fraction of sp³-hybridized carbons (Fsp3) is 0.588. The maximum absolute atomic E-state index is 12.5. The first-order valence-corrected chi connectivity index (χ1v) is 9.44. The Labute approximate surface area is 147 Å². The van der Waals surface area contributed by atoms with Crippen LogP contribution in [0.5, 0.6) is 0 Å². The largest absolute Gasteiger partial charge is 0.354 e. The predicted octanol–water partition coefficient (Wildman–Crippen LogP) is 2.72. The molecule has 0 unspecified atom stereocenters. The third-order valence-electron chi connectivity index (χ3n) is 4.36. The van der Waals surface area contributed by atoms with E-state index in [4.69, 9.17) is 0 Å². The molecule has 130 valence electrons. The lowest BCUT2D eigenvalue weighted by molar-refractivity contribution is -0.123. The van der Waals surface area contributed by atoms with E-state index in [2.05, 4.69) is 39.4 Å². The van der Waals surface area contributed by atoms with Crippen LogP contribution in [0.3, 0.4) is 0 Å². The van der Waals surface area contributed by atoms with Gasteiger partial charge in [-0.1, -0.05) is 25.6 Å². The van der Waals surface area contributed by atoms with Gasteiger partial charge in [0.15, 0.2) is 5.17 Å². The number of aromatic nitrogens is 2.